The highest BCUT2D eigenvalue weighted by atomic mass is 16.5. The van der Waals surface area contributed by atoms with Crippen molar-refractivity contribution < 1.29 is 9.32 Å². The Balaban J connectivity index is 1.27. The van der Waals surface area contributed by atoms with Crippen molar-refractivity contribution in [1.82, 2.24) is 35.3 Å². The van der Waals surface area contributed by atoms with Gasteiger partial charge in [-0.15, -0.1) is 0 Å². The van der Waals surface area contributed by atoms with Crippen LogP contribution in [0, 0.1) is 0 Å². The minimum absolute atomic E-state index is 0.0804. The fourth-order valence-corrected chi connectivity index (χ4v) is 3.29. The molecule has 28 heavy (non-hydrogen) atoms. The quantitative estimate of drug-likeness (QED) is 0.722. The van der Waals surface area contributed by atoms with Crippen molar-refractivity contribution in [2.24, 2.45) is 0 Å². The van der Waals surface area contributed by atoms with Crippen LogP contribution >= 0.6 is 0 Å². The SMILES string of the molecule is O=C(NCCc1nc(-c2ccccn2)no1)N1CCCC(c2ccncn2)C1. The summed E-state index contributed by atoms with van der Waals surface area (Å²) in [5.74, 6) is 1.17. The van der Waals surface area contributed by atoms with E-state index in [1.807, 2.05) is 29.2 Å². The summed E-state index contributed by atoms with van der Waals surface area (Å²) in [4.78, 5) is 31.1. The maximum Gasteiger partial charge on any atom is 0.317 e. The van der Waals surface area contributed by atoms with E-state index >= 15 is 0 Å². The highest BCUT2D eigenvalue weighted by Crippen LogP contribution is 2.24. The molecule has 1 saturated heterocycles. The molecule has 144 valence electrons. The zero-order valence-electron chi connectivity index (χ0n) is 15.4. The highest BCUT2D eigenvalue weighted by molar-refractivity contribution is 5.74. The number of pyridine rings is 1. The minimum Gasteiger partial charge on any atom is -0.339 e. The molecule has 1 N–H and O–H groups in total. The number of carbonyl (C=O) groups excluding carboxylic acids is 1. The molecule has 0 saturated carbocycles. The van der Waals surface area contributed by atoms with Gasteiger partial charge in [0.05, 0.1) is 0 Å². The molecule has 4 heterocycles. The van der Waals surface area contributed by atoms with Crippen molar-refractivity contribution in [2.45, 2.75) is 25.2 Å². The van der Waals surface area contributed by atoms with Crippen LogP contribution in [0.1, 0.15) is 30.3 Å². The van der Waals surface area contributed by atoms with Gasteiger partial charge in [-0.05, 0) is 31.0 Å². The third kappa shape index (κ3) is 4.30. The lowest BCUT2D eigenvalue weighted by Gasteiger charge is -2.32. The maximum atomic E-state index is 12.5. The Morgan fingerprint density at radius 2 is 2.21 bits per heavy atom. The second kappa shape index (κ2) is 8.55. The smallest absolute Gasteiger partial charge is 0.317 e. The monoisotopic (exact) mass is 379 g/mol. The van der Waals surface area contributed by atoms with Crippen molar-refractivity contribution in [1.29, 1.82) is 0 Å². The molecule has 0 aliphatic carbocycles. The number of urea groups is 1. The van der Waals surface area contributed by atoms with Gasteiger partial charge < -0.3 is 14.7 Å². The van der Waals surface area contributed by atoms with E-state index in [0.29, 0.717) is 36.9 Å². The summed E-state index contributed by atoms with van der Waals surface area (Å²) in [5.41, 5.74) is 1.64. The van der Waals surface area contributed by atoms with Gasteiger partial charge in [-0.1, -0.05) is 11.2 Å². The number of piperidine rings is 1. The third-order valence-corrected chi connectivity index (χ3v) is 4.71. The van der Waals surface area contributed by atoms with E-state index in [4.69, 9.17) is 4.52 Å². The van der Waals surface area contributed by atoms with Crippen LogP contribution < -0.4 is 5.32 Å². The van der Waals surface area contributed by atoms with E-state index in [-0.39, 0.29) is 11.9 Å². The molecule has 1 aliphatic heterocycles. The van der Waals surface area contributed by atoms with Gasteiger partial charge >= 0.3 is 6.03 Å². The van der Waals surface area contributed by atoms with Crippen molar-refractivity contribution in [3.63, 3.8) is 0 Å². The van der Waals surface area contributed by atoms with E-state index in [9.17, 15) is 4.79 Å². The molecule has 4 rings (SSSR count). The number of aromatic nitrogens is 5. The zero-order valence-corrected chi connectivity index (χ0v) is 15.4. The van der Waals surface area contributed by atoms with Crippen LogP contribution in [0.4, 0.5) is 4.79 Å². The summed E-state index contributed by atoms with van der Waals surface area (Å²) in [6.07, 6.45) is 7.43. The average Bonchev–Trinajstić information content (AvgIpc) is 3.24. The Morgan fingerprint density at radius 3 is 3.04 bits per heavy atom. The molecule has 1 unspecified atom stereocenters. The summed E-state index contributed by atoms with van der Waals surface area (Å²) in [6, 6.07) is 7.35. The van der Waals surface area contributed by atoms with Gasteiger partial charge in [-0.25, -0.2) is 14.8 Å². The number of carbonyl (C=O) groups is 1. The van der Waals surface area contributed by atoms with Crippen molar-refractivity contribution >= 4 is 6.03 Å². The van der Waals surface area contributed by atoms with Crippen LogP contribution in [0.2, 0.25) is 0 Å². The predicted molar refractivity (Wildman–Crippen MR) is 100 cm³/mol. The Hall–Kier alpha value is -3.36. The molecule has 1 aliphatic rings. The van der Waals surface area contributed by atoms with E-state index < -0.39 is 0 Å². The van der Waals surface area contributed by atoms with Crippen molar-refractivity contribution in [2.75, 3.05) is 19.6 Å². The molecule has 3 aromatic rings. The Labute approximate surface area is 162 Å². The van der Waals surface area contributed by atoms with Crippen molar-refractivity contribution in [3.05, 3.63) is 54.6 Å². The molecule has 0 aromatic carbocycles. The first-order valence-electron chi connectivity index (χ1n) is 9.32. The summed E-state index contributed by atoms with van der Waals surface area (Å²) in [5, 5.41) is 6.87. The van der Waals surface area contributed by atoms with E-state index in [1.165, 1.54) is 0 Å². The predicted octanol–water partition coefficient (Wildman–Crippen LogP) is 2.05. The lowest BCUT2D eigenvalue weighted by Crippen LogP contribution is -2.45. The molecule has 9 heteroatoms. The molecule has 0 radical (unpaired) electrons. The molecule has 2 amide bonds. The lowest BCUT2D eigenvalue weighted by atomic mass is 9.95. The van der Waals surface area contributed by atoms with Crippen LogP contribution in [-0.4, -0.2) is 55.7 Å². The van der Waals surface area contributed by atoms with Gasteiger partial charge in [0.25, 0.3) is 0 Å². The van der Waals surface area contributed by atoms with Crippen molar-refractivity contribution in [3.8, 4) is 11.5 Å². The third-order valence-electron chi connectivity index (χ3n) is 4.71. The maximum absolute atomic E-state index is 12.5. The Bertz CT molecular complexity index is 901. The molecule has 0 bridgehead atoms. The normalized spacial score (nSPS) is 16.7. The topological polar surface area (TPSA) is 110 Å². The van der Waals surface area contributed by atoms with Crippen LogP contribution in [0.15, 0.2) is 47.5 Å². The van der Waals surface area contributed by atoms with Gasteiger partial charge in [-0.3, -0.25) is 4.98 Å². The largest absolute Gasteiger partial charge is 0.339 e. The highest BCUT2D eigenvalue weighted by Gasteiger charge is 2.25. The minimum atomic E-state index is -0.0804. The summed E-state index contributed by atoms with van der Waals surface area (Å²) in [6.45, 7) is 1.84. The van der Waals surface area contributed by atoms with Gasteiger partial charge in [0, 0.05) is 50.1 Å². The molecule has 3 aromatic heterocycles. The second-order valence-corrected chi connectivity index (χ2v) is 6.63. The molecule has 9 nitrogen and oxygen atoms in total. The fraction of sp³-hybridized carbons (Fsp3) is 0.368. The number of nitrogens with zero attached hydrogens (tertiary/aromatic N) is 6. The molecule has 1 atom stereocenters. The molecular weight excluding hydrogens is 358 g/mol. The average molecular weight is 379 g/mol. The molecule has 0 spiro atoms. The standard InChI is InChI=1S/C19H21N7O2/c27-19(26-11-3-4-14(12-26)15-6-9-20-13-23-15)22-10-7-17-24-18(25-28-17)16-5-1-2-8-21-16/h1-2,5-6,8-9,13-14H,3-4,7,10-12H2,(H,22,27). The summed E-state index contributed by atoms with van der Waals surface area (Å²) in [7, 11) is 0. The number of nitrogens with one attached hydrogen (secondary N) is 1. The fourth-order valence-electron chi connectivity index (χ4n) is 3.29. The number of amides is 2. The van der Waals surface area contributed by atoms with Gasteiger partial charge in [0.1, 0.15) is 12.0 Å². The molecule has 1 fully saturated rings. The first kappa shape index (κ1) is 18.0. The Morgan fingerprint density at radius 1 is 1.25 bits per heavy atom. The van der Waals surface area contributed by atoms with Crippen LogP contribution in [0.3, 0.4) is 0 Å². The van der Waals surface area contributed by atoms with E-state index in [0.717, 1.165) is 25.1 Å². The van der Waals surface area contributed by atoms with Gasteiger partial charge in [-0.2, -0.15) is 4.98 Å². The number of rotatable bonds is 5. The first-order valence-corrected chi connectivity index (χ1v) is 9.32. The number of likely N-dealkylation sites (tertiary alicyclic amines) is 1. The zero-order chi connectivity index (χ0) is 19.2. The van der Waals surface area contributed by atoms with E-state index in [1.54, 1.807) is 18.7 Å². The van der Waals surface area contributed by atoms with Crippen LogP contribution in [-0.2, 0) is 6.42 Å². The van der Waals surface area contributed by atoms with Crippen LogP contribution in [0.25, 0.3) is 11.5 Å². The first-order chi connectivity index (χ1) is 13.8. The number of hydrogen-bond acceptors (Lipinski definition) is 7. The Kier molecular flexibility index (Phi) is 5.51. The number of hydrogen-bond donors (Lipinski definition) is 1. The summed E-state index contributed by atoms with van der Waals surface area (Å²) < 4.78 is 5.24. The van der Waals surface area contributed by atoms with E-state index in [2.05, 4.69) is 30.4 Å². The second-order valence-electron chi connectivity index (χ2n) is 6.63. The molecular formula is C19H21N7O2. The van der Waals surface area contributed by atoms with Gasteiger partial charge in [0.15, 0.2) is 0 Å². The summed E-state index contributed by atoms with van der Waals surface area (Å²) >= 11 is 0. The van der Waals surface area contributed by atoms with Crippen LogP contribution in [0.5, 0.6) is 0 Å². The lowest BCUT2D eigenvalue weighted by molar-refractivity contribution is 0.179. The van der Waals surface area contributed by atoms with Gasteiger partial charge in [0.2, 0.25) is 11.7 Å².